The molecule has 268 valence electrons. The van der Waals surface area contributed by atoms with Crippen molar-refractivity contribution >= 4 is 55.0 Å². The average molecular weight is 729 g/mol. The highest BCUT2D eigenvalue weighted by atomic mass is 15.2. The van der Waals surface area contributed by atoms with Crippen molar-refractivity contribution in [2.45, 2.75) is 6.17 Å². The van der Waals surface area contributed by atoms with Gasteiger partial charge in [-0.15, -0.1) is 0 Å². The molecular weight excluding hydrogens is 693 g/mol. The Balaban J connectivity index is 0.992. The lowest BCUT2D eigenvalue weighted by Crippen LogP contribution is -2.33. The highest BCUT2D eigenvalue weighted by Crippen LogP contribution is 2.39. The molecule has 9 aromatic carbocycles. The highest BCUT2D eigenvalue weighted by Gasteiger charge is 2.21. The lowest BCUT2D eigenvalue weighted by molar-refractivity contribution is 0.674. The van der Waals surface area contributed by atoms with Gasteiger partial charge in [0.1, 0.15) is 12.0 Å². The van der Waals surface area contributed by atoms with E-state index < -0.39 is 0 Å². The zero-order valence-electron chi connectivity index (χ0n) is 31.0. The number of benzene rings is 9. The van der Waals surface area contributed by atoms with Crippen LogP contribution < -0.4 is 5.32 Å². The number of aromatic nitrogens is 1. The van der Waals surface area contributed by atoms with E-state index in [4.69, 9.17) is 9.98 Å². The fraction of sp³-hybridized carbons (Fsp3) is 0.0189. The molecule has 0 amide bonds. The van der Waals surface area contributed by atoms with E-state index in [0.717, 1.165) is 28.2 Å². The third kappa shape index (κ3) is 5.87. The van der Waals surface area contributed by atoms with E-state index in [1.165, 1.54) is 65.6 Å². The Hall–Kier alpha value is -7.56. The number of fused-ring (bicyclic) bond motifs is 6. The standard InChI is InChI=1S/C53H36N4/c1-4-12-35(13-5-1)40-22-23-42-33-43(25-24-41(42)32-40)44-21-20-36-28-31-49-50(47(36)34-44)46-18-10-11-19-48(46)57(49)45-29-26-39(27-30-45)53-55-51(37-14-6-2-7-15-37)54-52(56-53)38-16-8-3-9-17-38/h1-34,51H,(H,54,55,56). The van der Waals surface area contributed by atoms with Crippen molar-refractivity contribution in [2.75, 3.05) is 0 Å². The molecule has 0 spiro atoms. The molecule has 1 aliphatic rings. The molecule has 0 aliphatic carbocycles. The van der Waals surface area contributed by atoms with Gasteiger partial charge in [0.05, 0.1) is 11.0 Å². The molecule has 1 aliphatic heterocycles. The van der Waals surface area contributed by atoms with Crippen molar-refractivity contribution in [2.24, 2.45) is 9.98 Å². The van der Waals surface area contributed by atoms with Crippen LogP contribution in [0.5, 0.6) is 0 Å². The van der Waals surface area contributed by atoms with Gasteiger partial charge in [-0.25, -0.2) is 9.98 Å². The molecule has 1 aromatic heterocycles. The summed E-state index contributed by atoms with van der Waals surface area (Å²) in [5.74, 6) is 1.52. The second-order valence-electron chi connectivity index (χ2n) is 14.7. The highest BCUT2D eigenvalue weighted by molar-refractivity contribution is 6.22. The predicted molar refractivity (Wildman–Crippen MR) is 238 cm³/mol. The van der Waals surface area contributed by atoms with Crippen LogP contribution >= 0.6 is 0 Å². The fourth-order valence-electron chi connectivity index (χ4n) is 8.37. The smallest absolute Gasteiger partial charge is 0.159 e. The number of nitrogens with one attached hydrogen (secondary N) is 1. The van der Waals surface area contributed by atoms with Crippen LogP contribution in [0.15, 0.2) is 216 Å². The Morgan fingerprint density at radius 1 is 0.404 bits per heavy atom. The summed E-state index contributed by atoms with van der Waals surface area (Å²) in [5.41, 5.74) is 11.4. The Morgan fingerprint density at radius 2 is 0.965 bits per heavy atom. The van der Waals surface area contributed by atoms with E-state index in [-0.39, 0.29) is 6.17 Å². The topological polar surface area (TPSA) is 41.7 Å². The van der Waals surface area contributed by atoms with Gasteiger partial charge >= 0.3 is 0 Å². The normalized spacial score (nSPS) is 14.1. The quantitative estimate of drug-likeness (QED) is 0.182. The molecule has 1 atom stereocenters. The Bertz CT molecular complexity index is 3180. The number of nitrogens with zero attached hydrogens (tertiary/aromatic N) is 3. The van der Waals surface area contributed by atoms with Crippen molar-refractivity contribution < 1.29 is 0 Å². The van der Waals surface area contributed by atoms with Crippen LogP contribution in [0.25, 0.3) is 71.3 Å². The average Bonchev–Trinajstić information content (AvgIpc) is 3.64. The summed E-state index contributed by atoms with van der Waals surface area (Å²) in [6, 6.07) is 73.6. The molecule has 1 N–H and O–H groups in total. The third-order valence-electron chi connectivity index (χ3n) is 11.2. The van der Waals surface area contributed by atoms with Crippen molar-refractivity contribution in [3.63, 3.8) is 0 Å². The maximum Gasteiger partial charge on any atom is 0.159 e. The third-order valence-corrected chi connectivity index (χ3v) is 11.2. The molecule has 0 radical (unpaired) electrons. The van der Waals surface area contributed by atoms with E-state index in [1.807, 2.05) is 24.3 Å². The number of aliphatic imine (C=N–C) groups is 2. The summed E-state index contributed by atoms with van der Waals surface area (Å²) >= 11 is 0. The molecule has 4 nitrogen and oxygen atoms in total. The minimum atomic E-state index is -0.244. The summed E-state index contributed by atoms with van der Waals surface area (Å²) < 4.78 is 2.39. The largest absolute Gasteiger partial charge is 0.344 e. The molecule has 10 aromatic rings. The Kier molecular flexibility index (Phi) is 7.85. The predicted octanol–water partition coefficient (Wildman–Crippen LogP) is 12.9. The van der Waals surface area contributed by atoms with Gasteiger partial charge in [0.15, 0.2) is 5.84 Å². The summed E-state index contributed by atoms with van der Waals surface area (Å²) in [7, 11) is 0. The van der Waals surface area contributed by atoms with E-state index in [0.29, 0.717) is 5.84 Å². The summed E-state index contributed by atoms with van der Waals surface area (Å²) in [6.45, 7) is 0. The van der Waals surface area contributed by atoms with Crippen molar-refractivity contribution in [1.82, 2.24) is 9.88 Å². The van der Waals surface area contributed by atoms with E-state index in [9.17, 15) is 0 Å². The first-order valence-corrected chi connectivity index (χ1v) is 19.4. The first-order valence-electron chi connectivity index (χ1n) is 19.4. The summed E-state index contributed by atoms with van der Waals surface area (Å²) in [6.07, 6.45) is -0.244. The molecule has 11 rings (SSSR count). The molecule has 2 heterocycles. The van der Waals surface area contributed by atoms with Gasteiger partial charge in [0.2, 0.25) is 0 Å². The number of para-hydroxylation sites is 1. The van der Waals surface area contributed by atoms with Gasteiger partial charge in [-0.1, -0.05) is 152 Å². The lowest BCUT2D eigenvalue weighted by atomic mass is 9.95. The maximum atomic E-state index is 5.10. The number of rotatable bonds is 6. The van der Waals surface area contributed by atoms with Gasteiger partial charge in [-0.05, 0) is 104 Å². The Morgan fingerprint density at radius 3 is 1.68 bits per heavy atom. The molecule has 0 fully saturated rings. The molecule has 0 saturated carbocycles. The van der Waals surface area contributed by atoms with Crippen LogP contribution in [0.2, 0.25) is 0 Å². The SMILES string of the molecule is c1ccc(C2=NC(c3ccc(-n4c5ccccc5c5c6cc(-c7ccc8cc(-c9ccccc9)ccc8c7)ccc6ccc54)cc3)=NC(c3ccccc3)N2)cc1. The lowest BCUT2D eigenvalue weighted by Gasteiger charge is -2.23. The van der Waals surface area contributed by atoms with Crippen LogP contribution in [0, 0.1) is 0 Å². The summed E-state index contributed by atoms with van der Waals surface area (Å²) in [5, 5.41) is 11.0. The van der Waals surface area contributed by atoms with E-state index in [2.05, 4.69) is 192 Å². The van der Waals surface area contributed by atoms with Crippen LogP contribution in [-0.4, -0.2) is 16.2 Å². The van der Waals surface area contributed by atoms with E-state index >= 15 is 0 Å². The number of amidine groups is 2. The van der Waals surface area contributed by atoms with Gasteiger partial charge < -0.3 is 9.88 Å². The molecule has 4 heteroatoms. The van der Waals surface area contributed by atoms with Crippen LogP contribution in [0.1, 0.15) is 22.9 Å². The minimum Gasteiger partial charge on any atom is -0.344 e. The molecule has 57 heavy (non-hydrogen) atoms. The zero-order chi connectivity index (χ0) is 37.7. The van der Waals surface area contributed by atoms with Crippen molar-refractivity contribution in [3.05, 3.63) is 223 Å². The first-order chi connectivity index (χ1) is 28.2. The van der Waals surface area contributed by atoms with Crippen LogP contribution in [0.3, 0.4) is 0 Å². The van der Waals surface area contributed by atoms with Gasteiger partial charge in [-0.2, -0.15) is 0 Å². The molecule has 0 saturated heterocycles. The Labute approximate surface area is 330 Å². The van der Waals surface area contributed by atoms with Gasteiger partial charge in [-0.3, -0.25) is 0 Å². The molecule has 1 unspecified atom stereocenters. The van der Waals surface area contributed by atoms with Crippen molar-refractivity contribution in [1.29, 1.82) is 0 Å². The minimum absolute atomic E-state index is 0.244. The molecular formula is C53H36N4. The van der Waals surface area contributed by atoms with Crippen LogP contribution in [-0.2, 0) is 0 Å². The van der Waals surface area contributed by atoms with E-state index in [1.54, 1.807) is 0 Å². The maximum absolute atomic E-state index is 5.10. The fourth-order valence-corrected chi connectivity index (χ4v) is 8.37. The van der Waals surface area contributed by atoms with Crippen LogP contribution in [0.4, 0.5) is 0 Å². The van der Waals surface area contributed by atoms with Crippen molar-refractivity contribution in [3.8, 4) is 27.9 Å². The molecule has 0 bridgehead atoms. The zero-order valence-corrected chi connectivity index (χ0v) is 31.0. The van der Waals surface area contributed by atoms with Gasteiger partial charge in [0.25, 0.3) is 0 Å². The summed E-state index contributed by atoms with van der Waals surface area (Å²) in [4.78, 5) is 10.1. The first kappa shape index (κ1) is 32.8. The second kappa shape index (κ2) is 13.6. The number of hydrogen-bond acceptors (Lipinski definition) is 3. The van der Waals surface area contributed by atoms with Gasteiger partial charge in [0, 0.05) is 27.6 Å². The monoisotopic (exact) mass is 728 g/mol. The number of hydrogen-bond donors (Lipinski definition) is 1. The second-order valence-corrected chi connectivity index (χ2v) is 14.7.